The van der Waals surface area contributed by atoms with Crippen LogP contribution < -0.4 is 0 Å². The van der Waals surface area contributed by atoms with Crippen LogP contribution in [0, 0.1) is 0 Å². The van der Waals surface area contributed by atoms with Gasteiger partial charge in [-0.1, -0.05) is 55.0 Å². The average Bonchev–Trinajstić information content (AvgIpc) is 1.89. The highest BCUT2D eigenvalue weighted by Gasteiger charge is 1.86. The lowest BCUT2D eigenvalue weighted by atomic mass is 10.1. The summed E-state index contributed by atoms with van der Waals surface area (Å²) in [5.74, 6) is 0. The Bertz CT molecular complexity index is 42.5. The molecule has 1 unspecified atom stereocenters. The molecular weight excluding hydrogens is 207 g/mol. The predicted octanol–water partition coefficient (Wildman–Crippen LogP) is 3.80. The highest BCUT2D eigenvalue weighted by Crippen LogP contribution is 2.05. The fourth-order valence-corrected chi connectivity index (χ4v) is 1.27. The van der Waals surface area contributed by atoms with Gasteiger partial charge < -0.3 is 0 Å². The standard InChI is InChI=1S/C8H17Br.H3P/c1-2-3-4-5-6-7-8-9;/h2-8H2,1H3;1H3. The molecule has 0 N–H and O–H groups in total. The molecule has 0 saturated carbocycles. The SMILES string of the molecule is CCCCCCCCBr.P. The van der Waals surface area contributed by atoms with Crippen molar-refractivity contribution in [2.24, 2.45) is 0 Å². The largest absolute Gasteiger partial charge is 0.153 e. The van der Waals surface area contributed by atoms with E-state index in [2.05, 4.69) is 22.9 Å². The Balaban J connectivity index is 0. The van der Waals surface area contributed by atoms with Crippen molar-refractivity contribution in [1.29, 1.82) is 0 Å². The first-order valence-electron chi connectivity index (χ1n) is 3.97. The van der Waals surface area contributed by atoms with Crippen LogP contribution in [0.25, 0.3) is 0 Å². The summed E-state index contributed by atoms with van der Waals surface area (Å²) in [5.41, 5.74) is 0. The number of unbranched alkanes of at least 4 members (excludes halogenated alkanes) is 5. The molecule has 0 heterocycles. The number of halogens is 1. The monoisotopic (exact) mass is 226 g/mol. The predicted molar refractivity (Wildman–Crippen MR) is 58.3 cm³/mol. The Morgan fingerprint density at radius 1 is 0.900 bits per heavy atom. The van der Waals surface area contributed by atoms with E-state index in [0.29, 0.717) is 0 Å². The van der Waals surface area contributed by atoms with Gasteiger partial charge in [-0.15, -0.1) is 0 Å². The van der Waals surface area contributed by atoms with Crippen molar-refractivity contribution in [2.45, 2.75) is 45.4 Å². The molecule has 0 saturated heterocycles. The van der Waals surface area contributed by atoms with Crippen LogP contribution in [0.2, 0.25) is 0 Å². The van der Waals surface area contributed by atoms with Gasteiger partial charge in [-0.05, 0) is 6.42 Å². The van der Waals surface area contributed by atoms with Gasteiger partial charge in [0.05, 0.1) is 0 Å². The second-order valence-electron chi connectivity index (χ2n) is 2.46. The summed E-state index contributed by atoms with van der Waals surface area (Å²) in [7, 11) is 0. The second-order valence-corrected chi connectivity index (χ2v) is 3.25. The topological polar surface area (TPSA) is 0 Å². The Hall–Kier alpha value is 0.910. The maximum Gasteiger partial charge on any atom is 0.00313 e. The van der Waals surface area contributed by atoms with Gasteiger partial charge >= 0.3 is 0 Å². The van der Waals surface area contributed by atoms with Gasteiger partial charge in [0.25, 0.3) is 0 Å². The smallest absolute Gasteiger partial charge is 0.00313 e. The van der Waals surface area contributed by atoms with E-state index in [0.717, 1.165) is 0 Å². The first-order chi connectivity index (χ1) is 4.41. The third-order valence-electron chi connectivity index (χ3n) is 1.49. The lowest BCUT2D eigenvalue weighted by Gasteiger charge is -1.95. The quantitative estimate of drug-likeness (QED) is 0.368. The van der Waals surface area contributed by atoms with E-state index in [1.807, 2.05) is 0 Å². The zero-order valence-electron chi connectivity index (χ0n) is 7.03. The molecule has 10 heavy (non-hydrogen) atoms. The van der Waals surface area contributed by atoms with Crippen molar-refractivity contribution in [1.82, 2.24) is 0 Å². The normalized spacial score (nSPS) is 9.00. The van der Waals surface area contributed by atoms with Crippen LogP contribution in [0.1, 0.15) is 45.4 Å². The molecule has 0 aliphatic carbocycles. The molecule has 1 atom stereocenters. The highest BCUT2D eigenvalue weighted by molar-refractivity contribution is 9.09. The summed E-state index contributed by atoms with van der Waals surface area (Å²) >= 11 is 3.42. The summed E-state index contributed by atoms with van der Waals surface area (Å²) < 4.78 is 0. The van der Waals surface area contributed by atoms with Crippen LogP contribution in [-0.2, 0) is 0 Å². The van der Waals surface area contributed by atoms with Crippen LogP contribution in [-0.4, -0.2) is 5.33 Å². The molecule has 0 aromatic rings. The molecule has 64 valence electrons. The van der Waals surface area contributed by atoms with Gasteiger partial charge in [0.2, 0.25) is 0 Å². The van der Waals surface area contributed by atoms with Crippen LogP contribution >= 0.6 is 25.8 Å². The van der Waals surface area contributed by atoms with Crippen LogP contribution in [0.15, 0.2) is 0 Å². The van der Waals surface area contributed by atoms with Gasteiger partial charge in [0, 0.05) is 5.33 Å². The molecule has 0 bridgehead atoms. The molecule has 2 heteroatoms. The summed E-state index contributed by atoms with van der Waals surface area (Å²) in [4.78, 5) is 0. The fraction of sp³-hybridized carbons (Fsp3) is 1.00. The van der Waals surface area contributed by atoms with Gasteiger partial charge in [-0.2, -0.15) is 9.90 Å². The zero-order chi connectivity index (χ0) is 6.95. The average molecular weight is 227 g/mol. The molecule has 0 fully saturated rings. The molecule has 0 rings (SSSR count). The molecule has 0 spiro atoms. The lowest BCUT2D eigenvalue weighted by molar-refractivity contribution is 0.628. The van der Waals surface area contributed by atoms with Crippen molar-refractivity contribution >= 4 is 25.8 Å². The Morgan fingerprint density at radius 3 is 1.90 bits per heavy atom. The second kappa shape index (κ2) is 12.6. The summed E-state index contributed by atoms with van der Waals surface area (Å²) in [5, 5.41) is 1.18. The Morgan fingerprint density at radius 2 is 1.40 bits per heavy atom. The minimum atomic E-state index is 0. The van der Waals surface area contributed by atoms with Crippen molar-refractivity contribution < 1.29 is 0 Å². The molecule has 0 aromatic carbocycles. The zero-order valence-corrected chi connectivity index (χ0v) is 10.0. The minimum Gasteiger partial charge on any atom is -0.153 e. The molecular formula is C8H20BrP. The minimum absolute atomic E-state index is 0. The number of hydrogen-bond donors (Lipinski definition) is 0. The molecule has 0 nitrogen and oxygen atoms in total. The molecule has 0 aromatic heterocycles. The van der Waals surface area contributed by atoms with Crippen molar-refractivity contribution in [3.8, 4) is 0 Å². The molecule has 0 aliphatic rings. The maximum absolute atomic E-state index is 3.42. The first kappa shape index (κ1) is 13.5. The van der Waals surface area contributed by atoms with Crippen LogP contribution in [0.4, 0.5) is 0 Å². The van der Waals surface area contributed by atoms with Crippen molar-refractivity contribution in [3.63, 3.8) is 0 Å². The fourth-order valence-electron chi connectivity index (χ4n) is 0.875. The highest BCUT2D eigenvalue weighted by atomic mass is 79.9. The van der Waals surface area contributed by atoms with E-state index in [4.69, 9.17) is 0 Å². The van der Waals surface area contributed by atoms with E-state index in [1.165, 1.54) is 43.9 Å². The van der Waals surface area contributed by atoms with Gasteiger partial charge in [0.1, 0.15) is 0 Å². The van der Waals surface area contributed by atoms with Crippen LogP contribution in [0.3, 0.4) is 0 Å². The molecule has 0 amide bonds. The summed E-state index contributed by atoms with van der Waals surface area (Å²) in [6, 6.07) is 0. The summed E-state index contributed by atoms with van der Waals surface area (Å²) in [6.45, 7) is 2.25. The van der Waals surface area contributed by atoms with E-state index in [-0.39, 0.29) is 9.90 Å². The van der Waals surface area contributed by atoms with Gasteiger partial charge in [0.15, 0.2) is 0 Å². The van der Waals surface area contributed by atoms with Crippen molar-refractivity contribution in [3.05, 3.63) is 0 Å². The number of alkyl halides is 1. The number of hydrogen-bond acceptors (Lipinski definition) is 0. The lowest BCUT2D eigenvalue weighted by Crippen LogP contribution is -1.78. The Kier molecular flexibility index (Phi) is 17.0. The van der Waals surface area contributed by atoms with E-state index < -0.39 is 0 Å². The van der Waals surface area contributed by atoms with Gasteiger partial charge in [-0.25, -0.2) is 0 Å². The summed E-state index contributed by atoms with van der Waals surface area (Å²) in [6.07, 6.45) is 8.40. The van der Waals surface area contributed by atoms with Crippen LogP contribution in [0.5, 0.6) is 0 Å². The third-order valence-corrected chi connectivity index (χ3v) is 2.05. The maximum atomic E-state index is 3.42. The molecule has 0 aliphatic heterocycles. The molecule has 0 radical (unpaired) electrons. The van der Waals surface area contributed by atoms with E-state index in [1.54, 1.807) is 0 Å². The van der Waals surface area contributed by atoms with Gasteiger partial charge in [-0.3, -0.25) is 0 Å². The van der Waals surface area contributed by atoms with E-state index in [9.17, 15) is 0 Å². The Labute approximate surface area is 76.9 Å². The first-order valence-corrected chi connectivity index (χ1v) is 5.10. The number of rotatable bonds is 6. The van der Waals surface area contributed by atoms with Crippen molar-refractivity contribution in [2.75, 3.05) is 5.33 Å². The third kappa shape index (κ3) is 11.7. The van der Waals surface area contributed by atoms with E-state index >= 15 is 0 Å².